The van der Waals surface area contributed by atoms with Crippen LogP contribution in [0.25, 0.3) is 11.1 Å². The van der Waals surface area contributed by atoms with Gasteiger partial charge in [-0.2, -0.15) is 0 Å². The number of nitrogens with one attached hydrogen (secondary N) is 3. The molecule has 46 heavy (non-hydrogen) atoms. The number of nitrogens with zero attached hydrogens (tertiary/aromatic N) is 2. The number of benzene rings is 2. The van der Waals surface area contributed by atoms with Crippen molar-refractivity contribution >= 4 is 23.2 Å². The fourth-order valence-electron chi connectivity index (χ4n) is 7.43. The van der Waals surface area contributed by atoms with Crippen LogP contribution in [0.1, 0.15) is 65.3 Å². The van der Waals surface area contributed by atoms with Gasteiger partial charge in [0.05, 0.1) is 24.6 Å². The Morgan fingerprint density at radius 1 is 1.09 bits per heavy atom. The van der Waals surface area contributed by atoms with E-state index in [0.29, 0.717) is 41.8 Å². The van der Waals surface area contributed by atoms with Crippen molar-refractivity contribution < 1.29 is 19.1 Å². The summed E-state index contributed by atoms with van der Waals surface area (Å²) >= 11 is 0. The van der Waals surface area contributed by atoms with E-state index in [1.165, 1.54) is 7.11 Å². The number of aromatic nitrogens is 1. The zero-order valence-corrected chi connectivity index (χ0v) is 27.5. The highest BCUT2D eigenvalue weighted by molar-refractivity contribution is 6.07. The van der Waals surface area contributed by atoms with E-state index in [4.69, 9.17) is 9.47 Å². The second kappa shape index (κ2) is 12.9. The highest BCUT2D eigenvalue weighted by Gasteiger charge is 2.48. The Kier molecular flexibility index (Phi) is 8.94. The topological polar surface area (TPSA) is 116 Å². The van der Waals surface area contributed by atoms with E-state index in [9.17, 15) is 14.4 Å². The summed E-state index contributed by atoms with van der Waals surface area (Å²) in [6, 6.07) is 12.4. The summed E-state index contributed by atoms with van der Waals surface area (Å²) < 4.78 is 11.1. The quantitative estimate of drug-likeness (QED) is 0.337. The average molecular weight is 628 g/mol. The fourth-order valence-corrected chi connectivity index (χ4v) is 7.43. The maximum atomic E-state index is 13.9. The highest BCUT2D eigenvalue weighted by atomic mass is 16.5. The number of carbonyl (C=O) groups excluding carboxylic acids is 2. The second-order valence-electron chi connectivity index (χ2n) is 12.9. The number of carbonyl (C=O) groups is 2. The summed E-state index contributed by atoms with van der Waals surface area (Å²) in [5.41, 5.74) is 6.42. The number of piperidine rings is 1. The van der Waals surface area contributed by atoms with E-state index in [2.05, 4.69) is 63.7 Å². The minimum absolute atomic E-state index is 0.0240. The molecule has 0 radical (unpaired) electrons. The molecule has 2 amide bonds. The average Bonchev–Trinajstić information content (AvgIpc) is 3.32. The van der Waals surface area contributed by atoms with Crippen LogP contribution in [-0.2, 0) is 21.5 Å². The third kappa shape index (κ3) is 5.80. The van der Waals surface area contributed by atoms with Crippen molar-refractivity contribution in [2.24, 2.45) is 0 Å². The molecule has 1 spiro atoms. The molecule has 2 saturated heterocycles. The molecule has 3 aliphatic heterocycles. The fraction of sp³-hybridized carbons (Fsp3) is 0.472. The number of aryl methyl sites for hydroxylation is 1. The predicted molar refractivity (Wildman–Crippen MR) is 180 cm³/mol. The molecule has 4 heterocycles. The number of hydrogen-bond acceptors (Lipinski definition) is 7. The molecule has 2 fully saturated rings. The number of H-pyrrole nitrogens is 1. The number of fused-ring (bicyclic) bond motifs is 2. The van der Waals surface area contributed by atoms with E-state index in [1.54, 1.807) is 13.0 Å². The van der Waals surface area contributed by atoms with E-state index in [1.807, 2.05) is 13.0 Å². The van der Waals surface area contributed by atoms with Crippen LogP contribution in [-0.4, -0.2) is 74.7 Å². The summed E-state index contributed by atoms with van der Waals surface area (Å²) in [6.07, 6.45) is 3.42. The van der Waals surface area contributed by atoms with Gasteiger partial charge in [-0.1, -0.05) is 12.1 Å². The van der Waals surface area contributed by atoms with Crippen molar-refractivity contribution in [1.82, 2.24) is 15.2 Å². The van der Waals surface area contributed by atoms with Gasteiger partial charge in [0.1, 0.15) is 5.75 Å². The number of methoxy groups -OCH3 is 1. The standard InChI is InChI=1S/C36H45N5O5/c1-6-41(26-9-15-46-16-10-26)31-20-25(24-7-8-29-30(19-24)39-35(44)36(29)11-13-40(4)14-12-36)18-27(23(31)3)33(42)37-21-28-32(45-5)17-22(2)38-34(28)43/h7-8,17-20,26H,6,9-16,21H2,1-5H3,(H,37,42)(H,38,43)(H,39,44). The van der Waals surface area contributed by atoms with Crippen LogP contribution in [0.2, 0.25) is 0 Å². The Hall–Kier alpha value is -4.15. The maximum absolute atomic E-state index is 13.9. The molecule has 3 aliphatic rings. The molecule has 0 bridgehead atoms. The van der Waals surface area contributed by atoms with Crippen molar-refractivity contribution in [1.29, 1.82) is 0 Å². The summed E-state index contributed by atoms with van der Waals surface area (Å²) in [4.78, 5) is 47.5. The van der Waals surface area contributed by atoms with Gasteiger partial charge in [0.15, 0.2) is 0 Å². The SMILES string of the molecule is CCN(c1cc(-c2ccc3c(c2)NC(=O)C32CCN(C)CC2)cc(C(=O)NCc2c(OC)cc(C)[nH]c2=O)c1C)C1CCOCC1. The first-order chi connectivity index (χ1) is 22.1. The molecule has 3 aromatic rings. The molecule has 0 unspecified atom stereocenters. The Labute approximate surface area is 270 Å². The Morgan fingerprint density at radius 3 is 2.52 bits per heavy atom. The summed E-state index contributed by atoms with van der Waals surface area (Å²) in [6.45, 7) is 9.91. The molecule has 2 aromatic carbocycles. The van der Waals surface area contributed by atoms with Crippen LogP contribution < -0.4 is 25.8 Å². The number of hydrogen-bond donors (Lipinski definition) is 3. The van der Waals surface area contributed by atoms with Gasteiger partial charge in [-0.25, -0.2) is 0 Å². The van der Waals surface area contributed by atoms with Crippen molar-refractivity contribution in [2.45, 2.75) is 64.5 Å². The first-order valence-corrected chi connectivity index (χ1v) is 16.3. The molecular weight excluding hydrogens is 582 g/mol. The molecule has 6 rings (SSSR count). The lowest BCUT2D eigenvalue weighted by Crippen LogP contribution is -2.45. The van der Waals surface area contributed by atoms with Crippen LogP contribution in [0.3, 0.4) is 0 Å². The number of aromatic amines is 1. The van der Waals surface area contributed by atoms with Gasteiger partial charge in [0, 0.05) is 48.4 Å². The van der Waals surface area contributed by atoms with Gasteiger partial charge in [0.25, 0.3) is 11.5 Å². The van der Waals surface area contributed by atoms with Crippen molar-refractivity contribution in [2.75, 3.05) is 57.2 Å². The molecule has 0 saturated carbocycles. The Balaban J connectivity index is 1.39. The van der Waals surface area contributed by atoms with Gasteiger partial charge in [-0.15, -0.1) is 0 Å². The zero-order valence-electron chi connectivity index (χ0n) is 27.5. The molecule has 0 aliphatic carbocycles. The van der Waals surface area contributed by atoms with Gasteiger partial charge < -0.3 is 34.9 Å². The monoisotopic (exact) mass is 627 g/mol. The van der Waals surface area contributed by atoms with E-state index >= 15 is 0 Å². The minimum atomic E-state index is -0.485. The Bertz CT molecular complexity index is 1700. The van der Waals surface area contributed by atoms with Crippen molar-refractivity contribution in [3.8, 4) is 16.9 Å². The highest BCUT2D eigenvalue weighted by Crippen LogP contribution is 2.46. The van der Waals surface area contributed by atoms with E-state index in [0.717, 1.165) is 78.9 Å². The minimum Gasteiger partial charge on any atom is -0.496 e. The van der Waals surface area contributed by atoms with E-state index in [-0.39, 0.29) is 23.9 Å². The van der Waals surface area contributed by atoms with Crippen LogP contribution in [0, 0.1) is 13.8 Å². The van der Waals surface area contributed by atoms with Crippen molar-refractivity contribution in [3.63, 3.8) is 0 Å². The summed E-state index contributed by atoms with van der Waals surface area (Å²) in [7, 11) is 3.62. The molecular formula is C36H45N5O5. The number of pyridine rings is 1. The number of amides is 2. The normalized spacial score (nSPS) is 17.9. The number of rotatable bonds is 8. The van der Waals surface area contributed by atoms with E-state index < -0.39 is 5.41 Å². The first kappa shape index (κ1) is 31.8. The second-order valence-corrected chi connectivity index (χ2v) is 12.9. The number of ether oxygens (including phenoxy) is 2. The van der Waals surface area contributed by atoms with Gasteiger partial charge in [-0.3, -0.25) is 14.4 Å². The van der Waals surface area contributed by atoms with Gasteiger partial charge in [-0.05, 0) is 113 Å². The smallest absolute Gasteiger partial charge is 0.256 e. The molecule has 1 aromatic heterocycles. The zero-order chi connectivity index (χ0) is 32.6. The van der Waals surface area contributed by atoms with Gasteiger partial charge >= 0.3 is 0 Å². The molecule has 0 atom stereocenters. The van der Waals surface area contributed by atoms with Crippen molar-refractivity contribution in [3.05, 3.63) is 74.7 Å². The molecule has 244 valence electrons. The predicted octanol–water partition coefficient (Wildman–Crippen LogP) is 4.52. The molecule has 3 N–H and O–H groups in total. The lowest BCUT2D eigenvalue weighted by Gasteiger charge is -2.37. The maximum Gasteiger partial charge on any atom is 0.256 e. The van der Waals surface area contributed by atoms with Crippen LogP contribution in [0.15, 0.2) is 41.2 Å². The third-order valence-corrected chi connectivity index (χ3v) is 10.2. The van der Waals surface area contributed by atoms with Crippen LogP contribution in [0.4, 0.5) is 11.4 Å². The number of likely N-dealkylation sites (tertiary alicyclic amines) is 1. The molecule has 10 nitrogen and oxygen atoms in total. The Morgan fingerprint density at radius 2 is 1.83 bits per heavy atom. The molecule has 10 heteroatoms. The summed E-state index contributed by atoms with van der Waals surface area (Å²) in [5.74, 6) is 0.243. The van der Waals surface area contributed by atoms with Crippen LogP contribution in [0.5, 0.6) is 5.75 Å². The summed E-state index contributed by atoms with van der Waals surface area (Å²) in [5, 5.41) is 6.17. The first-order valence-electron chi connectivity index (χ1n) is 16.3. The number of anilines is 2. The lowest BCUT2D eigenvalue weighted by molar-refractivity contribution is -0.122. The largest absolute Gasteiger partial charge is 0.496 e. The van der Waals surface area contributed by atoms with Gasteiger partial charge in [0.2, 0.25) is 5.91 Å². The lowest BCUT2D eigenvalue weighted by atomic mass is 9.73. The van der Waals surface area contributed by atoms with Crippen LogP contribution >= 0.6 is 0 Å². The third-order valence-electron chi connectivity index (χ3n) is 10.2.